The first kappa shape index (κ1) is 13.4. The molecule has 0 aromatic rings. The number of hydroxylamine groups is 1. The summed E-state index contributed by atoms with van der Waals surface area (Å²) in [5, 5.41) is 4.42. The van der Waals surface area contributed by atoms with Crippen LogP contribution in [0.3, 0.4) is 0 Å². The van der Waals surface area contributed by atoms with Gasteiger partial charge in [0, 0.05) is 13.1 Å². The number of hydrogen-bond donors (Lipinski definition) is 3. The van der Waals surface area contributed by atoms with Crippen molar-refractivity contribution in [3.8, 4) is 0 Å². The number of hydrogen-bond acceptors (Lipinski definition) is 5. The Morgan fingerprint density at radius 3 is 2.40 bits per heavy atom. The number of rotatable bonds is 4. The Morgan fingerprint density at radius 1 is 1.60 bits per heavy atom. The Morgan fingerprint density at radius 2 is 2.10 bits per heavy atom. The molecular weight excluding hydrogens is 169 g/mol. The van der Waals surface area contributed by atoms with Crippen molar-refractivity contribution in [3.05, 3.63) is 0 Å². The Balaban J connectivity index is -0.000000320. The molecule has 58 valence electrons. The van der Waals surface area contributed by atoms with E-state index in [4.69, 9.17) is 5.73 Å². The van der Waals surface area contributed by atoms with E-state index >= 15 is 0 Å². The van der Waals surface area contributed by atoms with Crippen LogP contribution in [0.2, 0.25) is 0 Å². The predicted octanol–water partition coefficient (Wildman–Crippen LogP) is -5.21. The van der Waals surface area contributed by atoms with Crippen LogP contribution < -0.4 is 45.9 Å². The van der Waals surface area contributed by atoms with Gasteiger partial charge in [0.2, 0.25) is 0 Å². The molecule has 0 aromatic heterocycles. The third kappa shape index (κ3) is 11.6. The second kappa shape index (κ2) is 6.50. The first-order valence-corrected chi connectivity index (χ1v) is 3.67. The summed E-state index contributed by atoms with van der Waals surface area (Å²) in [5.41, 5.74) is 7.02. The van der Waals surface area contributed by atoms with Crippen LogP contribution in [0, 0.1) is 0 Å². The van der Waals surface area contributed by atoms with Gasteiger partial charge in [-0.2, -0.15) is 18.2 Å². The maximum Gasteiger partial charge on any atom is 1.00 e. The molecule has 0 aliphatic carbocycles. The molecule has 0 aliphatic rings. The molecule has 0 aromatic carbocycles. The van der Waals surface area contributed by atoms with Crippen molar-refractivity contribution in [2.75, 3.05) is 13.1 Å². The Hall–Kier alpha value is 0.790. The van der Waals surface area contributed by atoms with E-state index in [1.807, 2.05) is 5.48 Å². The Labute approximate surface area is 83.3 Å². The summed E-state index contributed by atoms with van der Waals surface area (Å²) in [5.74, 6) is 0. The summed E-state index contributed by atoms with van der Waals surface area (Å²) >= 11 is 0. The zero-order valence-electron chi connectivity index (χ0n) is 6.70. The van der Waals surface area contributed by atoms with E-state index in [1.54, 1.807) is 0 Å². The molecule has 0 bridgehead atoms. The van der Waals surface area contributed by atoms with Crippen molar-refractivity contribution in [1.82, 2.24) is 5.48 Å². The molecule has 5 N–H and O–H groups in total. The molecule has 0 radical (unpaired) electrons. The van der Waals surface area contributed by atoms with E-state index in [0.29, 0.717) is 0 Å². The third-order valence-electron chi connectivity index (χ3n) is 0.421. The van der Waals surface area contributed by atoms with E-state index in [2.05, 4.69) is 9.42 Å². The molecular formula is C2H10N3NaO3S. The molecule has 0 amide bonds. The van der Waals surface area contributed by atoms with Gasteiger partial charge in [0.25, 0.3) is 0 Å². The standard InChI is InChI=1S/C2H9N3O3S.Na.H/c3-1-2-5-8-9(4,6)7;;/h5H,1-3H2,(H2,4,6,7);;/q;+1;-1. The van der Waals surface area contributed by atoms with Gasteiger partial charge in [0.1, 0.15) is 0 Å². The monoisotopic (exact) mass is 179 g/mol. The van der Waals surface area contributed by atoms with Crippen LogP contribution in [0.1, 0.15) is 1.43 Å². The van der Waals surface area contributed by atoms with Crippen molar-refractivity contribution < 1.29 is 43.7 Å². The van der Waals surface area contributed by atoms with Gasteiger partial charge in [0.15, 0.2) is 0 Å². The fourth-order valence-electron chi connectivity index (χ4n) is 0.183. The molecule has 0 atom stereocenters. The van der Waals surface area contributed by atoms with Gasteiger partial charge in [-0.25, -0.2) is 5.14 Å². The van der Waals surface area contributed by atoms with Crippen molar-refractivity contribution in [1.29, 1.82) is 0 Å². The van der Waals surface area contributed by atoms with Gasteiger partial charge in [-0.15, -0.1) is 0 Å². The summed E-state index contributed by atoms with van der Waals surface area (Å²) in [6.07, 6.45) is 0. The van der Waals surface area contributed by atoms with Crippen molar-refractivity contribution in [3.63, 3.8) is 0 Å². The van der Waals surface area contributed by atoms with Crippen LogP contribution >= 0.6 is 0 Å². The van der Waals surface area contributed by atoms with Crippen LogP contribution in [0.4, 0.5) is 0 Å². The SMILES string of the molecule is NCCNOS(N)(=O)=O.[H-].[Na+]. The van der Waals surface area contributed by atoms with Crippen LogP contribution in [-0.4, -0.2) is 21.5 Å². The van der Waals surface area contributed by atoms with Crippen LogP contribution in [0.25, 0.3) is 0 Å². The largest absolute Gasteiger partial charge is 1.00 e. The average molecular weight is 179 g/mol. The minimum atomic E-state index is -3.86. The summed E-state index contributed by atoms with van der Waals surface area (Å²) < 4.78 is 23.8. The van der Waals surface area contributed by atoms with E-state index in [1.165, 1.54) is 0 Å². The minimum absolute atomic E-state index is 0. The second-order valence-corrected chi connectivity index (χ2v) is 2.41. The quantitative estimate of drug-likeness (QED) is 0.227. The van der Waals surface area contributed by atoms with E-state index < -0.39 is 10.3 Å². The topological polar surface area (TPSA) is 107 Å². The van der Waals surface area contributed by atoms with Gasteiger partial charge in [-0.05, 0) is 0 Å². The van der Waals surface area contributed by atoms with Crippen molar-refractivity contribution in [2.24, 2.45) is 10.9 Å². The average Bonchev–Trinajstić information content (AvgIpc) is 1.63. The van der Waals surface area contributed by atoms with Crippen LogP contribution in [0.5, 0.6) is 0 Å². The van der Waals surface area contributed by atoms with Gasteiger partial charge >= 0.3 is 39.9 Å². The van der Waals surface area contributed by atoms with Gasteiger partial charge in [0.05, 0.1) is 0 Å². The van der Waals surface area contributed by atoms with Gasteiger partial charge in [-0.1, -0.05) is 0 Å². The summed E-state index contributed by atoms with van der Waals surface area (Å²) in [6.45, 7) is 0.534. The first-order chi connectivity index (χ1) is 4.06. The summed E-state index contributed by atoms with van der Waals surface area (Å²) in [4.78, 5) is 0. The molecule has 0 heterocycles. The zero-order valence-corrected chi connectivity index (χ0v) is 8.52. The summed E-state index contributed by atoms with van der Waals surface area (Å²) in [6, 6.07) is 0. The van der Waals surface area contributed by atoms with E-state index in [0.717, 1.165) is 0 Å². The molecule has 0 fully saturated rings. The Bertz CT molecular complexity index is 162. The molecule has 10 heavy (non-hydrogen) atoms. The van der Waals surface area contributed by atoms with Crippen LogP contribution in [0.15, 0.2) is 0 Å². The smallest absolute Gasteiger partial charge is 1.00 e. The number of nitrogens with two attached hydrogens (primary N) is 2. The van der Waals surface area contributed by atoms with E-state index in [-0.39, 0.29) is 44.1 Å². The molecule has 0 saturated carbocycles. The molecule has 0 saturated heterocycles. The fraction of sp³-hybridized carbons (Fsp3) is 1.00. The second-order valence-electron chi connectivity index (χ2n) is 1.26. The number of nitrogens with one attached hydrogen (secondary N) is 1. The first-order valence-electron chi connectivity index (χ1n) is 2.20. The molecule has 0 unspecified atom stereocenters. The molecule has 0 aliphatic heterocycles. The van der Waals surface area contributed by atoms with Crippen molar-refractivity contribution in [2.45, 2.75) is 0 Å². The van der Waals surface area contributed by atoms with Gasteiger partial charge < -0.3 is 7.16 Å². The van der Waals surface area contributed by atoms with Gasteiger partial charge in [-0.3, -0.25) is 0 Å². The molecule has 8 heteroatoms. The van der Waals surface area contributed by atoms with Crippen LogP contribution in [-0.2, 0) is 14.6 Å². The molecule has 0 spiro atoms. The third-order valence-corrected chi connectivity index (χ3v) is 0.772. The van der Waals surface area contributed by atoms with Crippen molar-refractivity contribution >= 4 is 10.3 Å². The fourth-order valence-corrected chi connectivity index (χ4v) is 0.430. The Kier molecular flexibility index (Phi) is 8.70. The maximum absolute atomic E-state index is 9.96. The van der Waals surface area contributed by atoms with E-state index in [9.17, 15) is 8.42 Å². The minimum Gasteiger partial charge on any atom is -1.00 e. The predicted molar refractivity (Wildman–Crippen MR) is 32.4 cm³/mol. The maximum atomic E-state index is 9.96. The zero-order chi connectivity index (χ0) is 7.33. The summed E-state index contributed by atoms with van der Waals surface area (Å²) in [7, 11) is -3.86. The molecule has 6 nitrogen and oxygen atoms in total. The molecule has 0 rings (SSSR count). The normalized spacial score (nSPS) is 10.6.